The molecule has 0 aliphatic rings. The zero-order valence-electron chi connectivity index (χ0n) is 17.5. The summed E-state index contributed by atoms with van der Waals surface area (Å²) in [7, 11) is -1.60. The molecule has 3 rings (SSSR count). The fourth-order valence-electron chi connectivity index (χ4n) is 3.18. The minimum absolute atomic E-state index is 0.146. The Kier molecular flexibility index (Phi) is 7.41. The van der Waals surface area contributed by atoms with Crippen LogP contribution in [0.2, 0.25) is 0 Å². The average molecular weight is 444 g/mol. The first kappa shape index (κ1) is 22.5. The fraction of sp³-hybridized carbons (Fsp3) is 0.273. The van der Waals surface area contributed by atoms with Gasteiger partial charge in [0.2, 0.25) is 0 Å². The molecule has 0 radical (unpaired) electrons. The summed E-state index contributed by atoms with van der Waals surface area (Å²) in [6.07, 6.45) is 4.83. The largest absolute Gasteiger partial charge is 0.352 e. The van der Waals surface area contributed by atoms with Crippen LogP contribution in [0, 0.1) is 5.82 Å². The van der Waals surface area contributed by atoms with E-state index in [2.05, 4.69) is 32.7 Å². The number of hydrogen-bond donors (Lipinski definition) is 2. The monoisotopic (exact) mass is 443 g/mol. The topological polar surface area (TPSA) is 88.4 Å². The van der Waals surface area contributed by atoms with Crippen molar-refractivity contribution >= 4 is 15.8 Å². The number of nitrogens with one attached hydrogen (secondary N) is 2. The van der Waals surface area contributed by atoms with E-state index in [-0.39, 0.29) is 12.3 Å². The molecule has 0 spiro atoms. The molecular formula is C22H26FN5O2S. The second-order valence-electron chi connectivity index (χ2n) is 7.22. The van der Waals surface area contributed by atoms with E-state index < -0.39 is 15.7 Å². The number of benzene rings is 2. The molecule has 0 bridgehead atoms. The van der Waals surface area contributed by atoms with Crippen molar-refractivity contribution in [2.45, 2.75) is 25.4 Å². The summed E-state index contributed by atoms with van der Waals surface area (Å²) in [5, 5.41) is 6.31. The molecule has 31 heavy (non-hydrogen) atoms. The van der Waals surface area contributed by atoms with Gasteiger partial charge >= 0.3 is 0 Å². The molecule has 0 fully saturated rings. The molecule has 0 saturated carbocycles. The second-order valence-corrected chi connectivity index (χ2v) is 9.36. The van der Waals surface area contributed by atoms with Crippen LogP contribution in [0.4, 0.5) is 4.39 Å². The minimum Gasteiger partial charge on any atom is -0.352 e. The summed E-state index contributed by atoms with van der Waals surface area (Å²) in [6, 6.07) is 14.2. The van der Waals surface area contributed by atoms with Gasteiger partial charge in [0.1, 0.15) is 11.6 Å². The minimum atomic E-state index is -3.23. The highest BCUT2D eigenvalue weighted by Gasteiger charge is 2.12. The summed E-state index contributed by atoms with van der Waals surface area (Å²) < 4.78 is 39.1. The van der Waals surface area contributed by atoms with Crippen molar-refractivity contribution in [1.82, 2.24) is 20.2 Å². The van der Waals surface area contributed by atoms with Crippen LogP contribution in [0.1, 0.15) is 22.5 Å². The molecule has 164 valence electrons. The number of rotatable bonds is 8. The quantitative estimate of drug-likeness (QED) is 0.413. The zero-order valence-corrected chi connectivity index (χ0v) is 18.4. The molecule has 0 saturated heterocycles. The maximum atomic E-state index is 13.7. The van der Waals surface area contributed by atoms with Crippen LogP contribution in [0.5, 0.6) is 0 Å². The normalized spacial score (nSPS) is 12.0. The third-order valence-corrected chi connectivity index (χ3v) is 5.50. The van der Waals surface area contributed by atoms with Crippen LogP contribution in [0.3, 0.4) is 0 Å². The van der Waals surface area contributed by atoms with E-state index >= 15 is 0 Å². The van der Waals surface area contributed by atoms with E-state index in [1.165, 1.54) is 23.8 Å². The van der Waals surface area contributed by atoms with Crippen molar-refractivity contribution in [1.29, 1.82) is 0 Å². The van der Waals surface area contributed by atoms with Crippen molar-refractivity contribution in [3.63, 3.8) is 0 Å². The summed E-state index contributed by atoms with van der Waals surface area (Å²) in [5.74, 6) is 0.784. The first-order chi connectivity index (χ1) is 14.8. The van der Waals surface area contributed by atoms with Gasteiger partial charge in [-0.2, -0.15) is 0 Å². The molecule has 0 atom stereocenters. The lowest BCUT2D eigenvalue weighted by atomic mass is 10.1. The number of halogens is 1. The SMILES string of the molecule is CN=C(NCc1cc(F)ccc1CS(C)(=O)=O)NCc1nccn1Cc1ccccc1. The molecule has 0 aliphatic heterocycles. The van der Waals surface area contributed by atoms with E-state index in [0.29, 0.717) is 30.2 Å². The van der Waals surface area contributed by atoms with E-state index in [1.807, 2.05) is 29.0 Å². The van der Waals surface area contributed by atoms with E-state index in [4.69, 9.17) is 0 Å². The van der Waals surface area contributed by atoms with Crippen molar-refractivity contribution in [3.8, 4) is 0 Å². The van der Waals surface area contributed by atoms with Crippen molar-refractivity contribution < 1.29 is 12.8 Å². The number of nitrogens with zero attached hydrogens (tertiary/aromatic N) is 3. The Morgan fingerprint density at radius 3 is 2.55 bits per heavy atom. The van der Waals surface area contributed by atoms with E-state index in [0.717, 1.165) is 12.1 Å². The van der Waals surface area contributed by atoms with Gasteiger partial charge in [-0.05, 0) is 28.8 Å². The average Bonchev–Trinajstić information content (AvgIpc) is 3.16. The molecule has 1 aromatic heterocycles. The number of aromatic nitrogens is 2. The maximum absolute atomic E-state index is 13.7. The van der Waals surface area contributed by atoms with Gasteiger partial charge in [0, 0.05) is 38.8 Å². The third kappa shape index (κ3) is 6.92. The van der Waals surface area contributed by atoms with Gasteiger partial charge in [0.25, 0.3) is 0 Å². The zero-order chi connectivity index (χ0) is 22.3. The highest BCUT2D eigenvalue weighted by molar-refractivity contribution is 7.89. The van der Waals surface area contributed by atoms with Gasteiger partial charge in [-0.1, -0.05) is 36.4 Å². The van der Waals surface area contributed by atoms with Gasteiger partial charge in [0.15, 0.2) is 15.8 Å². The molecular weight excluding hydrogens is 417 g/mol. The van der Waals surface area contributed by atoms with Crippen LogP contribution < -0.4 is 10.6 Å². The van der Waals surface area contributed by atoms with Crippen molar-refractivity contribution in [3.05, 3.63) is 89.3 Å². The van der Waals surface area contributed by atoms with Gasteiger partial charge in [-0.15, -0.1) is 0 Å². The molecule has 1 heterocycles. The Morgan fingerprint density at radius 2 is 1.84 bits per heavy atom. The Bertz CT molecular complexity index is 1140. The summed E-state index contributed by atoms with van der Waals surface area (Å²) in [4.78, 5) is 8.59. The Balaban J connectivity index is 1.62. The first-order valence-corrected chi connectivity index (χ1v) is 11.8. The van der Waals surface area contributed by atoms with Crippen LogP contribution >= 0.6 is 0 Å². The van der Waals surface area contributed by atoms with Gasteiger partial charge in [-0.25, -0.2) is 17.8 Å². The van der Waals surface area contributed by atoms with Gasteiger partial charge in [0.05, 0.1) is 12.3 Å². The predicted molar refractivity (Wildman–Crippen MR) is 120 cm³/mol. The number of hydrogen-bond acceptors (Lipinski definition) is 4. The molecule has 9 heteroatoms. The number of sulfone groups is 1. The third-order valence-electron chi connectivity index (χ3n) is 4.67. The lowest BCUT2D eigenvalue weighted by Gasteiger charge is -2.15. The van der Waals surface area contributed by atoms with Crippen molar-refractivity contribution in [2.75, 3.05) is 13.3 Å². The van der Waals surface area contributed by atoms with E-state index in [9.17, 15) is 12.8 Å². The van der Waals surface area contributed by atoms with Crippen LogP contribution in [-0.4, -0.2) is 37.2 Å². The van der Waals surface area contributed by atoms with Crippen molar-refractivity contribution in [2.24, 2.45) is 4.99 Å². The fourth-order valence-corrected chi connectivity index (χ4v) is 4.02. The maximum Gasteiger partial charge on any atom is 0.191 e. The highest BCUT2D eigenvalue weighted by Crippen LogP contribution is 2.14. The number of imidazole rings is 1. The summed E-state index contributed by atoms with van der Waals surface area (Å²) in [6.45, 7) is 1.39. The number of aliphatic imine (C=N–C) groups is 1. The molecule has 3 aromatic rings. The van der Waals surface area contributed by atoms with Crippen LogP contribution in [-0.2, 0) is 35.2 Å². The molecule has 0 aliphatic carbocycles. The van der Waals surface area contributed by atoms with Gasteiger partial charge < -0.3 is 15.2 Å². The van der Waals surface area contributed by atoms with E-state index in [1.54, 1.807) is 13.2 Å². The molecule has 2 aromatic carbocycles. The van der Waals surface area contributed by atoms with Crippen LogP contribution in [0.25, 0.3) is 0 Å². The molecule has 2 N–H and O–H groups in total. The second kappa shape index (κ2) is 10.2. The lowest BCUT2D eigenvalue weighted by Crippen LogP contribution is -2.37. The first-order valence-electron chi connectivity index (χ1n) is 9.77. The lowest BCUT2D eigenvalue weighted by molar-refractivity contribution is 0.599. The summed E-state index contributed by atoms with van der Waals surface area (Å²) >= 11 is 0. The highest BCUT2D eigenvalue weighted by atomic mass is 32.2. The van der Waals surface area contributed by atoms with Gasteiger partial charge in [-0.3, -0.25) is 4.99 Å². The molecule has 0 amide bonds. The Labute approximate surface area is 182 Å². The number of guanidine groups is 1. The Morgan fingerprint density at radius 1 is 1.10 bits per heavy atom. The smallest absolute Gasteiger partial charge is 0.191 e. The Hall–Kier alpha value is -3.20. The van der Waals surface area contributed by atoms with Crippen LogP contribution in [0.15, 0.2) is 65.9 Å². The molecule has 0 unspecified atom stereocenters. The predicted octanol–water partition coefficient (Wildman–Crippen LogP) is 2.48. The molecule has 7 nitrogen and oxygen atoms in total. The summed E-state index contributed by atoms with van der Waals surface area (Å²) in [5.41, 5.74) is 2.30. The standard InChI is InChI=1S/C22H26FN5O2S/c1-24-22(26-13-19-12-20(23)9-8-18(19)16-31(2,29)30)27-14-21-25-10-11-28(21)15-17-6-4-3-5-7-17/h3-12H,13-16H2,1-2H3,(H2,24,26,27).